The Morgan fingerprint density at radius 2 is 1.67 bits per heavy atom. The third-order valence-corrected chi connectivity index (χ3v) is 7.83. The van der Waals surface area contributed by atoms with Crippen LogP contribution in [-0.4, -0.2) is 22.0 Å². The maximum atomic E-state index is 12.8. The number of para-hydroxylation sites is 2. The molecule has 1 heterocycles. The number of carbonyl (C=O) groups is 2. The number of ketones is 1. The van der Waals surface area contributed by atoms with Crippen LogP contribution in [0.5, 0.6) is 0 Å². The predicted molar refractivity (Wildman–Crippen MR) is 119 cm³/mol. The first kappa shape index (κ1) is 19.0. The number of benzene rings is 2. The van der Waals surface area contributed by atoms with Gasteiger partial charge < -0.3 is 4.57 Å². The van der Waals surface area contributed by atoms with Gasteiger partial charge in [-0.25, -0.2) is 5.43 Å². The lowest BCUT2D eigenvalue weighted by Gasteiger charge is -2.33. The zero-order chi connectivity index (χ0) is 21.1. The van der Waals surface area contributed by atoms with Crippen LogP contribution in [0.3, 0.4) is 0 Å². The van der Waals surface area contributed by atoms with Crippen LogP contribution < -0.4 is 5.43 Å². The first-order valence-corrected chi connectivity index (χ1v) is 10.7. The molecule has 2 fully saturated rings. The lowest BCUT2D eigenvalue weighted by atomic mass is 9.70. The smallest absolute Gasteiger partial charge is 0.241 e. The van der Waals surface area contributed by atoms with Crippen molar-refractivity contribution in [2.45, 2.75) is 46.6 Å². The maximum absolute atomic E-state index is 12.8. The number of aromatic nitrogens is 1. The quantitative estimate of drug-likeness (QED) is 0.645. The summed E-state index contributed by atoms with van der Waals surface area (Å²) >= 11 is 0. The van der Waals surface area contributed by atoms with E-state index in [0.717, 1.165) is 23.9 Å². The molecule has 2 aliphatic carbocycles. The predicted octanol–water partition coefficient (Wildman–Crippen LogP) is 4.68. The molecule has 2 aromatic carbocycles. The lowest BCUT2D eigenvalue weighted by Crippen LogP contribution is -2.36. The van der Waals surface area contributed by atoms with Gasteiger partial charge in [-0.15, -0.1) is 0 Å². The monoisotopic (exact) mass is 401 g/mol. The van der Waals surface area contributed by atoms with Crippen LogP contribution in [0.4, 0.5) is 0 Å². The van der Waals surface area contributed by atoms with E-state index in [0.29, 0.717) is 18.7 Å². The van der Waals surface area contributed by atoms with Gasteiger partial charge >= 0.3 is 0 Å². The molecule has 3 aromatic rings. The molecule has 30 heavy (non-hydrogen) atoms. The molecular formula is C25H27N3O2. The van der Waals surface area contributed by atoms with E-state index in [1.165, 1.54) is 10.8 Å². The van der Waals surface area contributed by atoms with Crippen molar-refractivity contribution in [1.82, 2.24) is 9.99 Å². The number of nitrogens with one attached hydrogen (secondary N) is 1. The molecule has 5 nitrogen and oxygen atoms in total. The summed E-state index contributed by atoms with van der Waals surface area (Å²) in [5, 5.41) is 6.72. The van der Waals surface area contributed by atoms with Crippen molar-refractivity contribution in [3.8, 4) is 0 Å². The first-order valence-electron chi connectivity index (χ1n) is 10.7. The van der Waals surface area contributed by atoms with Gasteiger partial charge in [-0.2, -0.15) is 5.10 Å². The van der Waals surface area contributed by atoms with Crippen LogP contribution in [0, 0.1) is 16.7 Å². The van der Waals surface area contributed by atoms with Gasteiger partial charge in [0, 0.05) is 46.1 Å². The summed E-state index contributed by atoms with van der Waals surface area (Å²) in [4.78, 5) is 25.4. The molecule has 5 heteroatoms. The third kappa shape index (κ3) is 2.51. The average molecular weight is 402 g/mol. The van der Waals surface area contributed by atoms with E-state index in [1.807, 2.05) is 24.3 Å². The largest absolute Gasteiger partial charge is 0.340 e. The van der Waals surface area contributed by atoms with Gasteiger partial charge in [-0.1, -0.05) is 57.2 Å². The highest BCUT2D eigenvalue weighted by molar-refractivity contribution is 6.45. The van der Waals surface area contributed by atoms with Gasteiger partial charge in [-0.05, 0) is 30.4 Å². The van der Waals surface area contributed by atoms with Crippen LogP contribution in [0.1, 0.15) is 40.0 Å². The van der Waals surface area contributed by atoms with Crippen LogP contribution in [0.2, 0.25) is 0 Å². The van der Waals surface area contributed by atoms with E-state index >= 15 is 0 Å². The van der Waals surface area contributed by atoms with E-state index in [2.05, 4.69) is 60.1 Å². The number of carbonyl (C=O) groups excluding carboxylic acids is 2. The normalized spacial score (nSPS) is 26.2. The Kier molecular flexibility index (Phi) is 4.14. The van der Waals surface area contributed by atoms with Crippen molar-refractivity contribution >= 4 is 39.2 Å². The Morgan fingerprint density at radius 1 is 1.07 bits per heavy atom. The van der Waals surface area contributed by atoms with Crippen molar-refractivity contribution in [1.29, 1.82) is 0 Å². The number of hydrogen-bond acceptors (Lipinski definition) is 3. The van der Waals surface area contributed by atoms with Crippen molar-refractivity contribution < 1.29 is 9.59 Å². The number of Topliss-reactive ketones (excluding diaryl/α,β-unsaturated/α-hetero) is 1. The number of amides is 1. The Hall–Kier alpha value is -2.95. The highest BCUT2D eigenvalue weighted by Crippen LogP contribution is 2.62. The summed E-state index contributed by atoms with van der Waals surface area (Å²) in [6.07, 6.45) is 2.17. The molecule has 1 N–H and O–H groups in total. The minimum absolute atomic E-state index is 0.0238. The molecule has 154 valence electrons. The second-order valence-electron chi connectivity index (χ2n) is 9.44. The summed E-state index contributed by atoms with van der Waals surface area (Å²) in [5.41, 5.74) is 5.11. The third-order valence-electron chi connectivity index (χ3n) is 7.83. The number of aryl methyl sites for hydroxylation is 1. The van der Waals surface area contributed by atoms with E-state index in [9.17, 15) is 9.59 Å². The van der Waals surface area contributed by atoms with Crippen molar-refractivity contribution in [3.05, 3.63) is 48.5 Å². The minimum Gasteiger partial charge on any atom is -0.340 e. The molecule has 0 spiro atoms. The minimum atomic E-state index is -0.255. The van der Waals surface area contributed by atoms with Gasteiger partial charge in [0.15, 0.2) is 5.78 Å². The summed E-state index contributed by atoms with van der Waals surface area (Å²) < 4.78 is 2.19. The molecule has 1 amide bonds. The number of nitrogens with zero attached hydrogens (tertiary/aromatic N) is 2. The fraction of sp³-hybridized carbons (Fsp3) is 0.400. The fourth-order valence-corrected chi connectivity index (χ4v) is 5.63. The topological polar surface area (TPSA) is 63.5 Å². The molecule has 0 radical (unpaired) electrons. The first-order chi connectivity index (χ1) is 14.3. The molecule has 2 bridgehead atoms. The summed E-state index contributed by atoms with van der Waals surface area (Å²) in [6, 6.07) is 16.5. The SMILES string of the molecule is CC1(C)[C@H]2CC[C@@]1(C)/C(=N/NC(=O)CCn1c3ccccc3c3ccccc31)C2=O. The molecule has 0 saturated heterocycles. The number of hydrogen-bond donors (Lipinski definition) is 1. The molecule has 2 aliphatic rings. The standard InChI is InChI=1S/C25H27N3O2/c1-24(2)18-12-14-25(24,3)23(22(18)30)27-26-21(29)13-15-28-19-10-6-4-8-16(19)17-9-5-7-11-20(17)28/h4-11,18H,12-15H2,1-3H3,(H,26,29)/b27-23+/t18-,25-/m0/s1. The molecule has 0 aliphatic heterocycles. The van der Waals surface area contributed by atoms with Crippen molar-refractivity contribution in [2.24, 2.45) is 21.8 Å². The van der Waals surface area contributed by atoms with Gasteiger partial charge in [-0.3, -0.25) is 9.59 Å². The van der Waals surface area contributed by atoms with Crippen LogP contribution in [0.25, 0.3) is 21.8 Å². The number of hydrazone groups is 1. The van der Waals surface area contributed by atoms with Gasteiger partial charge in [0.05, 0.1) is 0 Å². The van der Waals surface area contributed by atoms with Gasteiger partial charge in [0.2, 0.25) is 5.91 Å². The Bertz CT molecular complexity index is 1170. The van der Waals surface area contributed by atoms with E-state index < -0.39 is 0 Å². The fourth-order valence-electron chi connectivity index (χ4n) is 5.63. The highest BCUT2D eigenvalue weighted by Gasteiger charge is 2.65. The lowest BCUT2D eigenvalue weighted by molar-refractivity contribution is -0.121. The molecule has 1 aromatic heterocycles. The molecule has 2 atom stereocenters. The summed E-state index contributed by atoms with van der Waals surface area (Å²) in [7, 11) is 0. The second-order valence-corrected chi connectivity index (χ2v) is 9.44. The molecule has 5 rings (SSSR count). The van der Waals surface area contributed by atoms with Gasteiger partial charge in [0.25, 0.3) is 0 Å². The number of fused-ring (bicyclic) bond motifs is 5. The highest BCUT2D eigenvalue weighted by atomic mass is 16.2. The summed E-state index contributed by atoms with van der Waals surface area (Å²) in [5.74, 6) is -0.0338. The Balaban J connectivity index is 1.35. The maximum Gasteiger partial charge on any atom is 0.241 e. The summed E-state index contributed by atoms with van der Waals surface area (Å²) in [6.45, 7) is 6.97. The average Bonchev–Trinajstić information content (AvgIpc) is 3.22. The van der Waals surface area contributed by atoms with Crippen molar-refractivity contribution in [2.75, 3.05) is 0 Å². The van der Waals surface area contributed by atoms with Gasteiger partial charge in [0.1, 0.15) is 5.71 Å². The van der Waals surface area contributed by atoms with Crippen LogP contribution in [-0.2, 0) is 16.1 Å². The molecule has 0 unspecified atom stereocenters. The van der Waals surface area contributed by atoms with Crippen LogP contribution in [0.15, 0.2) is 53.6 Å². The second kappa shape index (κ2) is 6.53. The van der Waals surface area contributed by atoms with E-state index in [1.54, 1.807) is 0 Å². The molecule has 2 saturated carbocycles. The Morgan fingerprint density at radius 3 is 2.23 bits per heavy atom. The molecular weight excluding hydrogens is 374 g/mol. The number of rotatable bonds is 4. The van der Waals surface area contributed by atoms with E-state index in [-0.39, 0.29) is 28.4 Å². The zero-order valence-corrected chi connectivity index (χ0v) is 17.7. The Labute approximate surface area is 176 Å². The zero-order valence-electron chi connectivity index (χ0n) is 17.7. The van der Waals surface area contributed by atoms with Crippen LogP contribution >= 0.6 is 0 Å². The van der Waals surface area contributed by atoms with E-state index in [4.69, 9.17) is 0 Å². The van der Waals surface area contributed by atoms with Crippen molar-refractivity contribution in [3.63, 3.8) is 0 Å².